The molecule has 31 heavy (non-hydrogen) atoms. The molecule has 2 aromatic carbocycles. The molecule has 168 valence electrons. The topological polar surface area (TPSA) is 38.8 Å². The maximum absolute atomic E-state index is 15.3. The lowest BCUT2D eigenvalue weighted by Crippen LogP contribution is -2.63. The zero-order chi connectivity index (χ0) is 22.8. The van der Waals surface area contributed by atoms with Crippen molar-refractivity contribution in [2.75, 3.05) is 18.6 Å². The van der Waals surface area contributed by atoms with Crippen LogP contribution in [0.1, 0.15) is 52.0 Å². The minimum Gasteiger partial charge on any atom is -0.495 e. The largest absolute Gasteiger partial charge is 0.495 e. The number of benzene rings is 2. The van der Waals surface area contributed by atoms with Crippen LogP contribution in [0.15, 0.2) is 36.4 Å². The van der Waals surface area contributed by atoms with E-state index in [2.05, 4.69) is 0 Å². The van der Waals surface area contributed by atoms with Crippen LogP contribution in [0.2, 0.25) is 0 Å². The molecule has 4 nitrogen and oxygen atoms in total. The number of amides is 1. The molecular formula is C24H28F3NO3. The monoisotopic (exact) mass is 435 g/mol. The first-order valence-corrected chi connectivity index (χ1v) is 10.5. The number of carbonyl (C=O) groups excluding carboxylic acids is 1. The van der Waals surface area contributed by atoms with Crippen LogP contribution in [0.4, 0.5) is 18.9 Å². The number of ether oxygens (including phenoxy) is 2. The summed E-state index contributed by atoms with van der Waals surface area (Å²) >= 11 is 0. The minimum absolute atomic E-state index is 0.0965. The van der Waals surface area contributed by atoms with Gasteiger partial charge in [-0.1, -0.05) is 38.5 Å². The van der Waals surface area contributed by atoms with Gasteiger partial charge in [-0.3, -0.25) is 9.69 Å². The van der Waals surface area contributed by atoms with Gasteiger partial charge >= 0.3 is 0 Å². The van der Waals surface area contributed by atoms with Gasteiger partial charge in [0.2, 0.25) is 0 Å². The fraction of sp³-hybridized carbons (Fsp3) is 0.458. The van der Waals surface area contributed by atoms with Crippen LogP contribution >= 0.6 is 0 Å². The summed E-state index contributed by atoms with van der Waals surface area (Å²) in [5.41, 5.74) is -0.0966. The number of hydrogen-bond donors (Lipinski definition) is 0. The van der Waals surface area contributed by atoms with Crippen molar-refractivity contribution in [1.29, 1.82) is 0 Å². The molecule has 2 aromatic rings. The quantitative estimate of drug-likeness (QED) is 0.524. The van der Waals surface area contributed by atoms with Crippen molar-refractivity contribution in [1.82, 2.24) is 0 Å². The summed E-state index contributed by atoms with van der Waals surface area (Å²) < 4.78 is 52.8. The summed E-state index contributed by atoms with van der Waals surface area (Å²) in [7, 11) is 1.44. The van der Waals surface area contributed by atoms with Crippen molar-refractivity contribution in [3.8, 4) is 16.9 Å². The summed E-state index contributed by atoms with van der Waals surface area (Å²) in [6, 6.07) is 8.31. The third-order valence-electron chi connectivity index (χ3n) is 5.95. The van der Waals surface area contributed by atoms with E-state index in [0.29, 0.717) is 29.8 Å². The Bertz CT molecular complexity index is 950. The maximum atomic E-state index is 15.3. The van der Waals surface area contributed by atoms with Crippen LogP contribution in [0, 0.1) is 5.82 Å². The second-order valence-electron chi connectivity index (χ2n) is 7.97. The lowest BCUT2D eigenvalue weighted by Gasteiger charge is -2.49. The van der Waals surface area contributed by atoms with Gasteiger partial charge < -0.3 is 9.47 Å². The molecule has 0 N–H and O–H groups in total. The lowest BCUT2D eigenvalue weighted by atomic mass is 9.83. The lowest BCUT2D eigenvalue weighted by molar-refractivity contribution is -0.137. The van der Waals surface area contributed by atoms with Crippen molar-refractivity contribution in [2.24, 2.45) is 0 Å². The Kier molecular flexibility index (Phi) is 6.94. The highest BCUT2D eigenvalue weighted by Gasteiger charge is 2.47. The van der Waals surface area contributed by atoms with Crippen molar-refractivity contribution in [2.45, 2.75) is 58.1 Å². The molecule has 7 heteroatoms. The Morgan fingerprint density at radius 1 is 1.26 bits per heavy atom. The highest BCUT2D eigenvalue weighted by Crippen LogP contribution is 2.43. The Labute approximate surface area is 181 Å². The fourth-order valence-electron chi connectivity index (χ4n) is 4.54. The highest BCUT2D eigenvalue weighted by atomic mass is 19.3. The third kappa shape index (κ3) is 4.28. The molecule has 0 spiro atoms. The number of methoxy groups -OCH3 is 1. The number of carbonyl (C=O) groups is 1. The van der Waals surface area contributed by atoms with Crippen LogP contribution in [0.5, 0.6) is 5.75 Å². The Morgan fingerprint density at radius 3 is 2.61 bits per heavy atom. The number of nitrogens with zero attached hydrogens (tertiary/aromatic N) is 1. The standard InChI is InChI=1S/C24H28F3NO3/c1-5-10-24(3)21(6-2)31-14-22(29)28(24)19-13-18(25)17(12-20(19)30-4)15-8-7-9-16(11-15)23(26)27/h7-9,11-13,21,23H,5-6,10,14H2,1-4H3/t21-,24?/m0/s1. The summed E-state index contributed by atoms with van der Waals surface area (Å²) in [4.78, 5) is 14.5. The van der Waals surface area contributed by atoms with E-state index in [-0.39, 0.29) is 29.7 Å². The van der Waals surface area contributed by atoms with Gasteiger partial charge in [-0.2, -0.15) is 0 Å². The average Bonchev–Trinajstić information content (AvgIpc) is 2.74. The van der Waals surface area contributed by atoms with Gasteiger partial charge in [-0.05, 0) is 37.5 Å². The van der Waals surface area contributed by atoms with E-state index >= 15 is 4.39 Å². The van der Waals surface area contributed by atoms with Gasteiger partial charge in [-0.25, -0.2) is 13.2 Å². The molecule has 0 saturated carbocycles. The van der Waals surface area contributed by atoms with E-state index in [4.69, 9.17) is 9.47 Å². The van der Waals surface area contributed by atoms with E-state index in [1.165, 1.54) is 37.4 Å². The summed E-state index contributed by atoms with van der Waals surface area (Å²) in [5, 5.41) is 0. The Morgan fingerprint density at radius 2 is 2.00 bits per heavy atom. The van der Waals surface area contributed by atoms with E-state index in [1.54, 1.807) is 11.0 Å². The predicted octanol–water partition coefficient (Wildman–Crippen LogP) is 6.14. The number of rotatable bonds is 7. The van der Waals surface area contributed by atoms with Crippen molar-refractivity contribution in [3.63, 3.8) is 0 Å². The van der Waals surface area contributed by atoms with Gasteiger partial charge in [0.25, 0.3) is 12.3 Å². The Hall–Kier alpha value is -2.54. The summed E-state index contributed by atoms with van der Waals surface area (Å²) in [6.07, 6.45) is -0.691. The minimum atomic E-state index is -2.66. The first kappa shape index (κ1) is 23.1. The van der Waals surface area contributed by atoms with Gasteiger partial charge in [0.05, 0.1) is 24.4 Å². The SMILES string of the molecule is CCCC1(C)[C@H](CC)OCC(=O)N1c1cc(F)c(-c2cccc(C(F)F)c2)cc1OC. The van der Waals surface area contributed by atoms with E-state index in [9.17, 15) is 13.6 Å². The summed E-state index contributed by atoms with van der Waals surface area (Å²) in [6.45, 7) is 5.86. The number of alkyl halides is 2. The van der Waals surface area contributed by atoms with Crippen LogP contribution in [0.3, 0.4) is 0 Å². The number of hydrogen-bond acceptors (Lipinski definition) is 3. The van der Waals surface area contributed by atoms with Gasteiger partial charge in [-0.15, -0.1) is 0 Å². The summed E-state index contributed by atoms with van der Waals surface area (Å²) in [5.74, 6) is -0.592. The van der Waals surface area contributed by atoms with Gasteiger partial charge in [0, 0.05) is 17.2 Å². The molecule has 1 aliphatic heterocycles. The molecule has 0 aliphatic carbocycles. The molecule has 1 unspecified atom stereocenters. The molecule has 1 fully saturated rings. The first-order chi connectivity index (χ1) is 14.8. The number of anilines is 1. The number of morpholine rings is 1. The zero-order valence-corrected chi connectivity index (χ0v) is 18.3. The molecular weight excluding hydrogens is 407 g/mol. The predicted molar refractivity (Wildman–Crippen MR) is 114 cm³/mol. The Balaban J connectivity index is 2.14. The molecule has 1 amide bonds. The highest BCUT2D eigenvalue weighted by molar-refractivity contribution is 5.98. The zero-order valence-electron chi connectivity index (χ0n) is 18.3. The van der Waals surface area contributed by atoms with Crippen molar-refractivity contribution >= 4 is 11.6 Å². The van der Waals surface area contributed by atoms with E-state index in [0.717, 1.165) is 6.42 Å². The second kappa shape index (κ2) is 9.30. The van der Waals surface area contributed by atoms with E-state index in [1.807, 2.05) is 20.8 Å². The van der Waals surface area contributed by atoms with Crippen molar-refractivity contribution in [3.05, 3.63) is 47.8 Å². The van der Waals surface area contributed by atoms with Crippen LogP contribution in [-0.2, 0) is 9.53 Å². The molecule has 3 rings (SSSR count). The second-order valence-corrected chi connectivity index (χ2v) is 7.97. The van der Waals surface area contributed by atoms with Crippen LogP contribution in [0.25, 0.3) is 11.1 Å². The first-order valence-electron chi connectivity index (χ1n) is 10.5. The number of halogens is 3. The maximum Gasteiger partial charge on any atom is 0.263 e. The van der Waals surface area contributed by atoms with E-state index < -0.39 is 17.8 Å². The normalized spacial score (nSPS) is 21.6. The molecule has 0 radical (unpaired) electrons. The van der Waals surface area contributed by atoms with Gasteiger partial charge in [0.1, 0.15) is 18.2 Å². The molecule has 1 heterocycles. The van der Waals surface area contributed by atoms with Crippen LogP contribution < -0.4 is 9.64 Å². The third-order valence-corrected chi connectivity index (χ3v) is 5.95. The van der Waals surface area contributed by atoms with Crippen LogP contribution in [-0.4, -0.2) is 31.3 Å². The smallest absolute Gasteiger partial charge is 0.263 e. The fourth-order valence-corrected chi connectivity index (χ4v) is 4.54. The molecule has 0 bridgehead atoms. The molecule has 0 aromatic heterocycles. The molecule has 1 saturated heterocycles. The molecule has 2 atom stereocenters. The van der Waals surface area contributed by atoms with Crippen molar-refractivity contribution < 1.29 is 27.4 Å². The molecule has 1 aliphatic rings. The van der Waals surface area contributed by atoms with Gasteiger partial charge in [0.15, 0.2) is 0 Å². The average molecular weight is 435 g/mol.